The van der Waals surface area contributed by atoms with Gasteiger partial charge in [0.2, 0.25) is 11.6 Å². The number of carbonyl (C=O) groups excluding carboxylic acids is 1. The number of allylic oxidation sites excluding steroid dienone is 1. The molecule has 0 N–H and O–H groups in total. The van der Waals surface area contributed by atoms with Crippen molar-refractivity contribution in [2.75, 3.05) is 0 Å². The first-order valence-electron chi connectivity index (χ1n) is 16.4. The largest absolute Gasteiger partial charge is 0.289 e. The van der Waals surface area contributed by atoms with Crippen LogP contribution in [0, 0.1) is 0 Å². The molecule has 1 aliphatic rings. The van der Waals surface area contributed by atoms with E-state index in [4.69, 9.17) is 9.97 Å². The third-order valence-corrected chi connectivity index (χ3v) is 9.68. The number of imidazole rings is 2. The lowest BCUT2D eigenvalue weighted by molar-refractivity contribution is 0.103. The van der Waals surface area contributed by atoms with Crippen LogP contribution in [0.2, 0.25) is 0 Å². The number of hydrogen-bond donors (Lipinski definition) is 0. The van der Waals surface area contributed by atoms with E-state index in [-0.39, 0.29) is 16.9 Å². The monoisotopic (exact) mass is 650 g/mol. The summed E-state index contributed by atoms with van der Waals surface area (Å²) in [6.45, 7) is 0. The average molecular weight is 651 g/mol. The molecule has 0 unspecified atom stereocenters. The van der Waals surface area contributed by atoms with Crippen LogP contribution in [0.4, 0.5) is 0 Å². The molecule has 0 atom stereocenters. The fourth-order valence-electron chi connectivity index (χ4n) is 7.33. The van der Waals surface area contributed by atoms with E-state index in [1.807, 2.05) is 118 Å². The lowest BCUT2D eigenvalue weighted by atomic mass is 10.0. The van der Waals surface area contributed by atoms with Gasteiger partial charge in [-0.2, -0.15) is 0 Å². The fraction of sp³-hybridized carbons (Fsp3) is 0.0488. The Morgan fingerprint density at radius 3 is 1.72 bits per heavy atom. The molecule has 0 saturated heterocycles. The Labute approximate surface area is 283 Å². The molecule has 1 aliphatic carbocycles. The highest BCUT2D eigenvalue weighted by atomic mass is 16.1. The first-order valence-corrected chi connectivity index (χ1v) is 16.4. The van der Waals surface area contributed by atoms with Crippen LogP contribution >= 0.6 is 0 Å². The Bertz CT molecular complexity index is 3030. The number of ketones is 1. The molecule has 10 rings (SSSR count). The first-order chi connectivity index (χ1) is 24.6. The van der Waals surface area contributed by atoms with Crippen molar-refractivity contribution in [3.05, 3.63) is 171 Å². The third-order valence-electron chi connectivity index (χ3n) is 9.68. The topological polar surface area (TPSA) is 95.7 Å². The Balaban J connectivity index is 1.03. The quantitative estimate of drug-likeness (QED) is 0.193. The molecular formula is C41H26N6O3. The molecule has 0 fully saturated rings. The smallest absolute Gasteiger partial charge is 0.267 e. The molecule has 4 heterocycles. The number of benzene rings is 5. The zero-order valence-electron chi connectivity index (χ0n) is 26.5. The van der Waals surface area contributed by atoms with E-state index >= 15 is 0 Å². The lowest BCUT2D eigenvalue weighted by Crippen LogP contribution is -2.16. The van der Waals surface area contributed by atoms with Crippen LogP contribution in [0.15, 0.2) is 137 Å². The SMILES string of the molecule is O=C(c1ccc(-n2c3c(n4c(=O)c5ccccc5nc24)C=CCC3)cc1)c1ccc(-n2c3ccccc3n3c(=O)c4ccccc4nc23)cc1. The second kappa shape index (κ2) is 10.6. The predicted octanol–water partition coefficient (Wildman–Crippen LogP) is 6.93. The van der Waals surface area contributed by atoms with Crippen LogP contribution in [0.3, 0.4) is 0 Å². The molecule has 0 amide bonds. The third kappa shape index (κ3) is 3.97. The van der Waals surface area contributed by atoms with Gasteiger partial charge in [-0.15, -0.1) is 0 Å². The first kappa shape index (κ1) is 28.2. The minimum Gasteiger partial charge on any atom is -0.289 e. The van der Waals surface area contributed by atoms with E-state index in [9.17, 15) is 14.4 Å². The van der Waals surface area contributed by atoms with Crippen molar-refractivity contribution >= 4 is 56.3 Å². The summed E-state index contributed by atoms with van der Waals surface area (Å²) in [5.41, 5.74) is 7.17. The highest BCUT2D eigenvalue weighted by Crippen LogP contribution is 2.29. The molecule has 4 aromatic heterocycles. The second-order valence-corrected chi connectivity index (χ2v) is 12.5. The lowest BCUT2D eigenvalue weighted by Gasteiger charge is -2.12. The minimum atomic E-state index is -0.128. The Hall–Kier alpha value is -6.87. The van der Waals surface area contributed by atoms with Crippen LogP contribution in [0.5, 0.6) is 0 Å². The van der Waals surface area contributed by atoms with Gasteiger partial charge in [0.15, 0.2) is 5.78 Å². The maximum Gasteiger partial charge on any atom is 0.267 e. The number of nitrogens with zero attached hydrogens (tertiary/aromatic N) is 6. The van der Waals surface area contributed by atoms with Gasteiger partial charge in [-0.25, -0.2) is 18.8 Å². The van der Waals surface area contributed by atoms with Crippen molar-refractivity contribution in [1.82, 2.24) is 27.9 Å². The van der Waals surface area contributed by atoms with Crippen molar-refractivity contribution < 1.29 is 4.79 Å². The number of aromatic nitrogens is 6. The van der Waals surface area contributed by atoms with E-state index in [0.717, 1.165) is 46.6 Å². The van der Waals surface area contributed by atoms with E-state index < -0.39 is 0 Å². The normalized spacial score (nSPS) is 12.8. The summed E-state index contributed by atoms with van der Waals surface area (Å²) in [5.74, 6) is 0.938. The van der Waals surface area contributed by atoms with Crippen LogP contribution in [0.1, 0.15) is 33.7 Å². The molecule has 9 heteroatoms. The molecule has 0 radical (unpaired) electrons. The summed E-state index contributed by atoms with van der Waals surface area (Å²) < 4.78 is 7.32. The number of hydrogen-bond acceptors (Lipinski definition) is 5. The molecule has 9 nitrogen and oxygen atoms in total. The number of rotatable bonds is 4. The average Bonchev–Trinajstić information content (AvgIpc) is 3.68. The van der Waals surface area contributed by atoms with Gasteiger partial charge in [0.1, 0.15) is 0 Å². The molecule has 0 saturated carbocycles. The molecule has 0 bridgehead atoms. The molecule has 0 spiro atoms. The van der Waals surface area contributed by atoms with Gasteiger partial charge in [0.25, 0.3) is 11.1 Å². The highest BCUT2D eigenvalue weighted by Gasteiger charge is 2.23. The van der Waals surface area contributed by atoms with Crippen LogP contribution < -0.4 is 11.1 Å². The summed E-state index contributed by atoms with van der Waals surface area (Å²) in [6.07, 6.45) is 5.71. The van der Waals surface area contributed by atoms with Gasteiger partial charge < -0.3 is 0 Å². The van der Waals surface area contributed by atoms with Crippen molar-refractivity contribution in [3.63, 3.8) is 0 Å². The summed E-state index contributed by atoms with van der Waals surface area (Å²) in [5, 5.41) is 1.13. The van der Waals surface area contributed by atoms with Gasteiger partial charge in [-0.3, -0.25) is 23.5 Å². The summed E-state index contributed by atoms with van der Waals surface area (Å²) in [4.78, 5) is 50.8. The molecule has 238 valence electrons. The van der Waals surface area contributed by atoms with Gasteiger partial charge in [0, 0.05) is 22.5 Å². The molecule has 9 aromatic rings. The summed E-state index contributed by atoms with van der Waals surface area (Å²) in [6, 6.07) is 37.3. The minimum absolute atomic E-state index is 0.0977. The Morgan fingerprint density at radius 1 is 0.560 bits per heavy atom. The van der Waals surface area contributed by atoms with Crippen LogP contribution in [-0.4, -0.2) is 33.7 Å². The van der Waals surface area contributed by atoms with E-state index in [1.54, 1.807) is 27.0 Å². The number of carbonyl (C=O) groups is 1. The molecule has 0 aliphatic heterocycles. The number of fused-ring (bicyclic) bond motifs is 8. The second-order valence-electron chi connectivity index (χ2n) is 12.5. The van der Waals surface area contributed by atoms with Crippen LogP contribution in [0.25, 0.3) is 61.8 Å². The predicted molar refractivity (Wildman–Crippen MR) is 195 cm³/mol. The standard InChI is InChI=1S/C41H26N6O3/c48-37(25-17-21-27(22-18-25)44-33-13-5-7-15-35(33)46-38(49)29-9-1-3-11-31(29)42-40(44)46)26-19-23-28(24-20-26)45-34-14-6-8-16-36(34)47-39(50)30-10-2-4-12-32(30)43-41(45)47/h1-5,7-13,15-24H,6,14H2. The Morgan fingerprint density at radius 2 is 1.08 bits per heavy atom. The molecular weight excluding hydrogens is 624 g/mol. The summed E-state index contributed by atoms with van der Waals surface area (Å²) >= 11 is 0. The van der Waals surface area contributed by atoms with Crippen molar-refractivity contribution in [3.8, 4) is 11.4 Å². The van der Waals surface area contributed by atoms with Crippen LogP contribution in [-0.2, 0) is 6.42 Å². The van der Waals surface area contributed by atoms with Gasteiger partial charge >= 0.3 is 0 Å². The van der Waals surface area contributed by atoms with E-state index in [1.165, 1.54) is 0 Å². The van der Waals surface area contributed by atoms with Gasteiger partial charge in [0.05, 0.1) is 44.2 Å². The maximum absolute atomic E-state index is 13.8. The highest BCUT2D eigenvalue weighted by molar-refractivity contribution is 6.09. The van der Waals surface area contributed by atoms with Crippen molar-refractivity contribution in [1.29, 1.82) is 0 Å². The maximum atomic E-state index is 13.8. The van der Waals surface area contributed by atoms with Crippen molar-refractivity contribution in [2.45, 2.75) is 12.8 Å². The fourth-order valence-corrected chi connectivity index (χ4v) is 7.33. The zero-order valence-corrected chi connectivity index (χ0v) is 26.5. The van der Waals surface area contributed by atoms with E-state index in [2.05, 4.69) is 6.08 Å². The number of para-hydroxylation sites is 4. The van der Waals surface area contributed by atoms with Crippen molar-refractivity contribution in [2.24, 2.45) is 0 Å². The van der Waals surface area contributed by atoms with E-state index in [0.29, 0.717) is 44.5 Å². The zero-order chi connectivity index (χ0) is 33.5. The Kier molecular flexibility index (Phi) is 5.95. The molecule has 50 heavy (non-hydrogen) atoms. The van der Waals surface area contributed by atoms with Gasteiger partial charge in [-0.05, 0) is 104 Å². The molecule has 5 aromatic carbocycles. The van der Waals surface area contributed by atoms with Gasteiger partial charge in [-0.1, -0.05) is 42.5 Å². The summed E-state index contributed by atoms with van der Waals surface area (Å²) in [7, 11) is 0.